The lowest BCUT2D eigenvalue weighted by molar-refractivity contribution is 0.256. The van der Waals surface area contributed by atoms with Crippen molar-refractivity contribution in [3.8, 4) is 22.3 Å². The van der Waals surface area contributed by atoms with E-state index in [1.807, 2.05) is 72.8 Å². The summed E-state index contributed by atoms with van der Waals surface area (Å²) in [5.41, 5.74) is 30.6. The second-order valence-electron chi connectivity index (χ2n) is 8.13. The van der Waals surface area contributed by atoms with Gasteiger partial charge in [-0.2, -0.15) is 0 Å². The molecule has 0 saturated heterocycles. The van der Waals surface area contributed by atoms with Crippen LogP contribution in [0.4, 0.5) is 27.7 Å². The van der Waals surface area contributed by atoms with E-state index in [1.165, 1.54) is 4.90 Å². The molecule has 2 heterocycles. The highest BCUT2D eigenvalue weighted by Crippen LogP contribution is 2.42. The number of nitrogen functional groups attached to an aromatic ring is 2. The quantitative estimate of drug-likeness (QED) is 0.247. The first kappa shape index (κ1) is 22.4. The van der Waals surface area contributed by atoms with Crippen LogP contribution in [-0.4, -0.2) is 11.0 Å². The summed E-state index contributed by atoms with van der Waals surface area (Å²) >= 11 is 1.62. The van der Waals surface area contributed by atoms with E-state index < -0.39 is 6.03 Å². The van der Waals surface area contributed by atoms with Crippen molar-refractivity contribution in [2.75, 3.05) is 16.4 Å². The van der Waals surface area contributed by atoms with Gasteiger partial charge in [-0.25, -0.2) is 9.78 Å². The summed E-state index contributed by atoms with van der Waals surface area (Å²) in [6, 6.07) is 22.2. The Labute approximate surface area is 206 Å². The zero-order valence-electron chi connectivity index (χ0n) is 18.8. The van der Waals surface area contributed by atoms with E-state index in [1.54, 1.807) is 17.5 Å². The Morgan fingerprint density at radius 3 is 2.26 bits per heavy atom. The lowest BCUT2D eigenvalue weighted by Gasteiger charge is -2.21. The van der Waals surface area contributed by atoms with Crippen LogP contribution in [0, 0.1) is 0 Å². The minimum atomic E-state index is -0.575. The summed E-state index contributed by atoms with van der Waals surface area (Å²) in [5, 5.41) is 2.98. The molecule has 5 aromatic rings. The van der Waals surface area contributed by atoms with E-state index in [-0.39, 0.29) is 0 Å². The van der Waals surface area contributed by atoms with Crippen molar-refractivity contribution < 1.29 is 4.79 Å². The molecule has 0 aliphatic carbocycles. The largest absolute Gasteiger partial charge is 0.399 e. The van der Waals surface area contributed by atoms with Crippen LogP contribution in [0.1, 0.15) is 5.56 Å². The summed E-state index contributed by atoms with van der Waals surface area (Å²) in [4.78, 5) is 18.2. The first-order chi connectivity index (χ1) is 17.0. The molecule has 0 atom stereocenters. The summed E-state index contributed by atoms with van der Waals surface area (Å²) in [7, 11) is 0. The number of urea groups is 1. The van der Waals surface area contributed by atoms with Crippen molar-refractivity contribution >= 4 is 50.3 Å². The van der Waals surface area contributed by atoms with E-state index in [2.05, 4.69) is 10.4 Å². The lowest BCUT2D eigenvalue weighted by atomic mass is 10.0. The van der Waals surface area contributed by atoms with Gasteiger partial charge in [0, 0.05) is 39.6 Å². The normalized spacial score (nSPS) is 11.0. The van der Waals surface area contributed by atoms with Gasteiger partial charge in [-0.1, -0.05) is 36.4 Å². The number of nitrogens with two attached hydrogens (primary N) is 4. The third-order valence-electron chi connectivity index (χ3n) is 5.91. The molecule has 0 aliphatic rings. The first-order valence-electron chi connectivity index (χ1n) is 11.0. The van der Waals surface area contributed by atoms with Crippen LogP contribution in [0.5, 0.6) is 0 Å². The maximum atomic E-state index is 12.3. The molecule has 3 aromatic carbocycles. The fourth-order valence-electron chi connectivity index (χ4n) is 4.16. The van der Waals surface area contributed by atoms with Gasteiger partial charge in [-0.15, -0.1) is 11.3 Å². The second kappa shape index (κ2) is 9.09. The number of anilines is 4. The Hall–Kier alpha value is -4.40. The molecule has 0 unspecified atom stereocenters. The SMILES string of the molecule is NCc1cccc(N(C(N)=O)c2ccc(-c3csc4c(-c5ccc(N)cc5)cnc(N)c34)cc2)c1. The zero-order chi connectivity index (χ0) is 24.5. The maximum absolute atomic E-state index is 12.3. The molecule has 0 fully saturated rings. The predicted molar refractivity (Wildman–Crippen MR) is 145 cm³/mol. The molecule has 7 nitrogen and oxygen atoms in total. The molecule has 35 heavy (non-hydrogen) atoms. The Morgan fingerprint density at radius 1 is 0.886 bits per heavy atom. The van der Waals surface area contributed by atoms with Crippen molar-refractivity contribution in [3.05, 3.63) is 89.9 Å². The molecule has 0 radical (unpaired) electrons. The van der Waals surface area contributed by atoms with Crippen LogP contribution in [0.3, 0.4) is 0 Å². The van der Waals surface area contributed by atoms with Crippen LogP contribution in [0.2, 0.25) is 0 Å². The highest BCUT2D eigenvalue weighted by atomic mass is 32.1. The predicted octanol–water partition coefficient (Wildman–Crippen LogP) is 5.47. The van der Waals surface area contributed by atoms with E-state index in [0.29, 0.717) is 29.4 Å². The summed E-state index contributed by atoms with van der Waals surface area (Å²) in [6.07, 6.45) is 1.80. The number of hydrogen-bond donors (Lipinski definition) is 4. The summed E-state index contributed by atoms with van der Waals surface area (Å²) in [6.45, 7) is 0.373. The number of carbonyl (C=O) groups excluding carboxylic acids is 1. The Bertz CT molecular complexity index is 1530. The molecule has 8 heteroatoms. The van der Waals surface area contributed by atoms with Gasteiger partial charge < -0.3 is 22.9 Å². The molecule has 2 aromatic heterocycles. The molecule has 8 N–H and O–H groups in total. The Morgan fingerprint density at radius 2 is 1.57 bits per heavy atom. The number of aromatic nitrogens is 1. The van der Waals surface area contributed by atoms with Gasteiger partial charge in [0.15, 0.2) is 0 Å². The fraction of sp³-hybridized carbons (Fsp3) is 0.0370. The van der Waals surface area contributed by atoms with Crippen molar-refractivity contribution in [1.29, 1.82) is 0 Å². The van der Waals surface area contributed by atoms with Gasteiger partial charge >= 0.3 is 6.03 Å². The van der Waals surface area contributed by atoms with Crippen molar-refractivity contribution in [2.45, 2.75) is 6.54 Å². The summed E-state index contributed by atoms with van der Waals surface area (Å²) in [5.74, 6) is 0.469. The second-order valence-corrected chi connectivity index (χ2v) is 9.01. The lowest BCUT2D eigenvalue weighted by Crippen LogP contribution is -2.31. The number of nitrogens with zero attached hydrogens (tertiary/aromatic N) is 2. The van der Waals surface area contributed by atoms with Gasteiger partial charge in [0.1, 0.15) is 5.82 Å². The van der Waals surface area contributed by atoms with Crippen molar-refractivity contribution in [2.24, 2.45) is 11.5 Å². The van der Waals surface area contributed by atoms with Gasteiger partial charge in [0.05, 0.1) is 11.4 Å². The Balaban J connectivity index is 1.55. The van der Waals surface area contributed by atoms with E-state index >= 15 is 0 Å². The van der Waals surface area contributed by atoms with Gasteiger partial charge in [-0.05, 0) is 58.5 Å². The third-order valence-corrected chi connectivity index (χ3v) is 6.92. The number of amides is 2. The van der Waals surface area contributed by atoms with Crippen LogP contribution in [0.25, 0.3) is 32.3 Å². The molecule has 0 bridgehead atoms. The van der Waals surface area contributed by atoms with Crippen LogP contribution in [-0.2, 0) is 6.54 Å². The van der Waals surface area contributed by atoms with E-state index in [4.69, 9.17) is 22.9 Å². The number of hydrogen-bond acceptors (Lipinski definition) is 6. The van der Waals surface area contributed by atoms with Gasteiger partial charge in [0.2, 0.25) is 0 Å². The number of benzene rings is 3. The van der Waals surface area contributed by atoms with E-state index in [9.17, 15) is 4.79 Å². The van der Waals surface area contributed by atoms with Crippen LogP contribution < -0.4 is 27.8 Å². The maximum Gasteiger partial charge on any atom is 0.323 e. The molecule has 174 valence electrons. The number of thiophene rings is 1. The van der Waals surface area contributed by atoms with E-state index in [0.717, 1.165) is 37.9 Å². The minimum Gasteiger partial charge on any atom is -0.399 e. The van der Waals surface area contributed by atoms with Crippen molar-refractivity contribution in [3.63, 3.8) is 0 Å². The number of carbonyl (C=O) groups is 1. The average molecular weight is 481 g/mol. The van der Waals surface area contributed by atoms with Crippen molar-refractivity contribution in [1.82, 2.24) is 4.98 Å². The number of pyridine rings is 1. The molecular weight excluding hydrogens is 456 g/mol. The standard InChI is InChI=1S/C27H24N6OS/c28-13-16-2-1-3-21(12-16)33(27(31)34)20-10-6-18(7-11-20)23-15-35-25-22(14-32-26(30)24(23)25)17-4-8-19(29)9-5-17/h1-12,14-15H,13,28-29H2,(H2,30,32)(H2,31,34). The topological polar surface area (TPSA) is 137 Å². The molecule has 5 rings (SSSR count). The number of fused-ring (bicyclic) bond motifs is 1. The molecule has 0 spiro atoms. The summed E-state index contributed by atoms with van der Waals surface area (Å²) < 4.78 is 1.05. The smallest absolute Gasteiger partial charge is 0.323 e. The number of primary amides is 1. The highest BCUT2D eigenvalue weighted by Gasteiger charge is 2.18. The van der Waals surface area contributed by atoms with Gasteiger partial charge in [0.25, 0.3) is 0 Å². The molecule has 2 amide bonds. The minimum absolute atomic E-state index is 0.373. The first-order valence-corrected chi connectivity index (χ1v) is 11.8. The fourth-order valence-corrected chi connectivity index (χ4v) is 5.28. The monoisotopic (exact) mass is 480 g/mol. The van der Waals surface area contributed by atoms with Crippen LogP contribution in [0.15, 0.2) is 84.4 Å². The third kappa shape index (κ3) is 4.16. The molecule has 0 aliphatic heterocycles. The van der Waals surface area contributed by atoms with Crippen LogP contribution >= 0.6 is 11.3 Å². The number of rotatable bonds is 5. The Kier molecular flexibility index (Phi) is 5.82. The molecule has 0 saturated carbocycles. The molecular formula is C27H24N6OS. The highest BCUT2D eigenvalue weighted by molar-refractivity contribution is 7.18. The average Bonchev–Trinajstić information content (AvgIpc) is 3.32. The zero-order valence-corrected chi connectivity index (χ0v) is 19.6. The van der Waals surface area contributed by atoms with Gasteiger partial charge in [-0.3, -0.25) is 4.90 Å².